The molecule has 0 N–H and O–H groups in total. The van der Waals surface area contributed by atoms with Gasteiger partial charge in [-0.1, -0.05) is 60.1 Å². The topological polar surface area (TPSA) is 63.4 Å². The Morgan fingerprint density at radius 3 is 2.38 bits per heavy atom. The summed E-state index contributed by atoms with van der Waals surface area (Å²) in [4.78, 5) is 0.295. The molecule has 0 bridgehead atoms. The van der Waals surface area contributed by atoms with Gasteiger partial charge in [-0.25, -0.2) is 8.42 Å². The van der Waals surface area contributed by atoms with Gasteiger partial charge in [-0.05, 0) is 25.5 Å². The van der Waals surface area contributed by atoms with E-state index in [1.165, 1.54) is 4.31 Å². The normalized spacial score (nSPS) is 11.8. The molecule has 3 rings (SSSR count). The molecule has 0 aliphatic carbocycles. The largest absolute Gasteiger partial charge is 0.356 e. The second-order valence-electron chi connectivity index (χ2n) is 6.20. The van der Waals surface area contributed by atoms with Gasteiger partial charge in [-0.3, -0.25) is 0 Å². The molecule has 0 aliphatic rings. The molecule has 5 nitrogen and oxygen atoms in total. The molecule has 3 aromatic rings. The SMILES string of the molecule is CCCN(Cc1cc(-c2ccccc2)on1)S(=O)(=O)c1ccc(C)cc1. The molecule has 0 unspecified atom stereocenters. The average molecular weight is 370 g/mol. The van der Waals surface area contributed by atoms with Gasteiger partial charge in [0, 0.05) is 18.2 Å². The minimum absolute atomic E-state index is 0.181. The van der Waals surface area contributed by atoms with Crippen LogP contribution in [0.15, 0.2) is 70.1 Å². The maximum Gasteiger partial charge on any atom is 0.243 e. The van der Waals surface area contributed by atoms with Crippen LogP contribution in [0.3, 0.4) is 0 Å². The quantitative estimate of drug-likeness (QED) is 0.624. The molecular weight excluding hydrogens is 348 g/mol. The maximum atomic E-state index is 13.0. The second-order valence-corrected chi connectivity index (χ2v) is 8.14. The van der Waals surface area contributed by atoms with E-state index in [1.807, 2.05) is 44.2 Å². The predicted molar refractivity (Wildman–Crippen MR) is 101 cm³/mol. The van der Waals surface area contributed by atoms with E-state index in [4.69, 9.17) is 4.52 Å². The smallest absolute Gasteiger partial charge is 0.243 e. The predicted octanol–water partition coefficient (Wildman–Crippen LogP) is 4.25. The molecule has 0 atom stereocenters. The van der Waals surface area contributed by atoms with Gasteiger partial charge < -0.3 is 4.52 Å². The summed E-state index contributed by atoms with van der Waals surface area (Å²) in [6, 6.07) is 18.3. The number of rotatable bonds is 7. The number of sulfonamides is 1. The van der Waals surface area contributed by atoms with Crippen LogP contribution in [0.5, 0.6) is 0 Å². The molecule has 0 radical (unpaired) electrons. The van der Waals surface area contributed by atoms with Crippen molar-refractivity contribution in [1.29, 1.82) is 0 Å². The molecule has 26 heavy (non-hydrogen) atoms. The Morgan fingerprint density at radius 1 is 1.04 bits per heavy atom. The molecule has 0 amide bonds. The van der Waals surface area contributed by atoms with Gasteiger partial charge in [0.05, 0.1) is 17.1 Å². The van der Waals surface area contributed by atoms with Crippen molar-refractivity contribution in [2.45, 2.75) is 31.7 Å². The Hall–Kier alpha value is -2.44. The highest BCUT2D eigenvalue weighted by Crippen LogP contribution is 2.23. The fraction of sp³-hybridized carbons (Fsp3) is 0.250. The monoisotopic (exact) mass is 370 g/mol. The lowest BCUT2D eigenvalue weighted by Gasteiger charge is -2.20. The van der Waals surface area contributed by atoms with Crippen molar-refractivity contribution in [3.05, 3.63) is 71.9 Å². The van der Waals surface area contributed by atoms with Crippen LogP contribution in [0.2, 0.25) is 0 Å². The highest BCUT2D eigenvalue weighted by atomic mass is 32.2. The van der Waals surface area contributed by atoms with E-state index in [0.29, 0.717) is 29.3 Å². The summed E-state index contributed by atoms with van der Waals surface area (Å²) < 4.78 is 32.8. The summed E-state index contributed by atoms with van der Waals surface area (Å²) in [5.74, 6) is 0.629. The molecule has 6 heteroatoms. The molecule has 2 aromatic carbocycles. The van der Waals surface area contributed by atoms with Crippen LogP contribution in [0.4, 0.5) is 0 Å². The van der Waals surface area contributed by atoms with Gasteiger partial charge in [0.25, 0.3) is 0 Å². The van der Waals surface area contributed by atoms with Crippen molar-refractivity contribution in [2.24, 2.45) is 0 Å². The average Bonchev–Trinajstić information content (AvgIpc) is 3.11. The maximum absolute atomic E-state index is 13.0. The first-order chi connectivity index (χ1) is 12.5. The van der Waals surface area contributed by atoms with Crippen LogP contribution in [-0.4, -0.2) is 24.4 Å². The van der Waals surface area contributed by atoms with E-state index in [0.717, 1.165) is 11.1 Å². The zero-order chi connectivity index (χ0) is 18.6. The summed E-state index contributed by atoms with van der Waals surface area (Å²) in [7, 11) is -3.58. The van der Waals surface area contributed by atoms with E-state index in [2.05, 4.69) is 5.16 Å². The Labute approximate surface area is 154 Å². The van der Waals surface area contributed by atoms with Crippen molar-refractivity contribution in [3.63, 3.8) is 0 Å². The summed E-state index contributed by atoms with van der Waals surface area (Å²) in [5, 5.41) is 4.05. The molecule has 0 saturated heterocycles. The highest BCUT2D eigenvalue weighted by molar-refractivity contribution is 7.89. The zero-order valence-electron chi connectivity index (χ0n) is 14.9. The Morgan fingerprint density at radius 2 is 1.73 bits per heavy atom. The van der Waals surface area contributed by atoms with Crippen molar-refractivity contribution in [3.8, 4) is 11.3 Å². The number of hydrogen-bond acceptors (Lipinski definition) is 4. The third-order valence-corrected chi connectivity index (χ3v) is 5.95. The van der Waals surface area contributed by atoms with Crippen LogP contribution >= 0.6 is 0 Å². The van der Waals surface area contributed by atoms with Crippen molar-refractivity contribution >= 4 is 10.0 Å². The van der Waals surface area contributed by atoms with E-state index in [1.54, 1.807) is 30.3 Å². The number of aryl methyl sites for hydroxylation is 1. The summed E-state index contributed by atoms with van der Waals surface area (Å²) in [5.41, 5.74) is 2.53. The third kappa shape index (κ3) is 4.03. The van der Waals surface area contributed by atoms with Gasteiger partial charge >= 0.3 is 0 Å². The number of nitrogens with zero attached hydrogens (tertiary/aromatic N) is 2. The van der Waals surface area contributed by atoms with Crippen molar-refractivity contribution in [1.82, 2.24) is 9.46 Å². The van der Waals surface area contributed by atoms with Crippen molar-refractivity contribution in [2.75, 3.05) is 6.54 Å². The van der Waals surface area contributed by atoms with Crippen LogP contribution in [0, 0.1) is 6.92 Å². The molecule has 0 fully saturated rings. The minimum atomic E-state index is -3.58. The third-order valence-electron chi connectivity index (χ3n) is 4.09. The van der Waals surface area contributed by atoms with Crippen LogP contribution in [-0.2, 0) is 16.6 Å². The molecule has 0 saturated carbocycles. The number of hydrogen-bond donors (Lipinski definition) is 0. The first kappa shape index (κ1) is 18.4. The van der Waals surface area contributed by atoms with E-state index in [9.17, 15) is 8.42 Å². The fourth-order valence-electron chi connectivity index (χ4n) is 2.70. The minimum Gasteiger partial charge on any atom is -0.356 e. The highest BCUT2D eigenvalue weighted by Gasteiger charge is 2.25. The van der Waals surface area contributed by atoms with Gasteiger partial charge in [0.2, 0.25) is 10.0 Å². The number of benzene rings is 2. The fourth-order valence-corrected chi connectivity index (χ4v) is 4.20. The van der Waals surface area contributed by atoms with Gasteiger partial charge in [0.1, 0.15) is 0 Å². The first-order valence-electron chi connectivity index (χ1n) is 8.58. The molecule has 0 aliphatic heterocycles. The molecule has 1 heterocycles. The molecule has 0 spiro atoms. The van der Waals surface area contributed by atoms with Crippen LogP contribution < -0.4 is 0 Å². The Kier molecular flexibility index (Phi) is 5.54. The summed E-state index contributed by atoms with van der Waals surface area (Å²) >= 11 is 0. The van der Waals surface area contributed by atoms with Crippen LogP contribution in [0.25, 0.3) is 11.3 Å². The lowest BCUT2D eigenvalue weighted by Crippen LogP contribution is -2.31. The van der Waals surface area contributed by atoms with E-state index < -0.39 is 10.0 Å². The van der Waals surface area contributed by atoms with Gasteiger partial charge in [-0.2, -0.15) is 4.31 Å². The lowest BCUT2D eigenvalue weighted by atomic mass is 10.2. The standard InChI is InChI=1S/C20H22N2O3S/c1-3-13-22(26(23,24)19-11-9-16(2)10-12-19)15-18-14-20(25-21-18)17-7-5-4-6-8-17/h4-12,14H,3,13,15H2,1-2H3. The Bertz CT molecular complexity index is 948. The second kappa shape index (κ2) is 7.85. The summed E-state index contributed by atoms with van der Waals surface area (Å²) in [6.07, 6.45) is 0.717. The van der Waals surface area contributed by atoms with Crippen LogP contribution in [0.1, 0.15) is 24.6 Å². The zero-order valence-corrected chi connectivity index (χ0v) is 15.7. The van der Waals surface area contributed by atoms with Gasteiger partial charge in [0.15, 0.2) is 5.76 Å². The number of aromatic nitrogens is 1. The van der Waals surface area contributed by atoms with E-state index >= 15 is 0 Å². The molecule has 1 aromatic heterocycles. The first-order valence-corrected chi connectivity index (χ1v) is 10.0. The van der Waals surface area contributed by atoms with Gasteiger partial charge in [-0.15, -0.1) is 0 Å². The Balaban J connectivity index is 1.85. The summed E-state index contributed by atoms with van der Waals surface area (Å²) in [6.45, 7) is 4.49. The molecule has 136 valence electrons. The molecular formula is C20H22N2O3S. The lowest BCUT2D eigenvalue weighted by molar-refractivity contribution is 0.375. The van der Waals surface area contributed by atoms with Crippen molar-refractivity contribution < 1.29 is 12.9 Å². The van der Waals surface area contributed by atoms with E-state index in [-0.39, 0.29) is 6.54 Å².